The molecule has 5 nitrogen and oxygen atoms in total. The van der Waals surface area contributed by atoms with E-state index in [0.29, 0.717) is 29.5 Å². The van der Waals surface area contributed by atoms with Gasteiger partial charge in [0.05, 0.1) is 11.6 Å². The minimum Gasteiger partial charge on any atom is -0.341 e. The Kier molecular flexibility index (Phi) is 4.94. The molecule has 0 spiro atoms. The van der Waals surface area contributed by atoms with E-state index in [-0.39, 0.29) is 17.4 Å². The molecule has 0 unspecified atom stereocenters. The number of hydrogen-bond acceptors (Lipinski definition) is 3. The highest BCUT2D eigenvalue weighted by Gasteiger charge is 2.38. The maximum atomic E-state index is 13.3. The second-order valence-electron chi connectivity index (χ2n) is 9.16. The molecule has 2 bridgehead atoms. The summed E-state index contributed by atoms with van der Waals surface area (Å²) in [4.78, 5) is 28.5. The number of benzene rings is 1. The summed E-state index contributed by atoms with van der Waals surface area (Å²) in [5.74, 6) is 1.11. The van der Waals surface area contributed by atoms with Crippen molar-refractivity contribution in [3.05, 3.63) is 58.0 Å². The molecule has 2 fully saturated rings. The average molecular weight is 402 g/mol. The van der Waals surface area contributed by atoms with Crippen LogP contribution in [0.15, 0.2) is 41.2 Å². The molecule has 1 aliphatic carbocycles. The zero-order chi connectivity index (χ0) is 20.7. The standard InChI is InChI=1S/C25H27N3O2/c26-13-17-5-4-8-20(11-17)22-9-10-23-21-12-18(15-28(23)25(22)30)14-27(16-21)24(29)19-6-2-1-3-7-19/h4-5,8-11,18-19,21H,1-3,6-7,12,14-16H2/t18-,21+/m0/s1. The smallest absolute Gasteiger partial charge is 0.258 e. The minimum absolute atomic E-state index is 0.0179. The first-order valence-corrected chi connectivity index (χ1v) is 11.2. The number of aromatic nitrogens is 1. The molecule has 2 aliphatic heterocycles. The number of likely N-dealkylation sites (tertiary alicyclic amines) is 1. The fourth-order valence-corrected chi connectivity index (χ4v) is 5.71. The van der Waals surface area contributed by atoms with E-state index < -0.39 is 0 Å². The van der Waals surface area contributed by atoms with Gasteiger partial charge in [-0.25, -0.2) is 0 Å². The van der Waals surface area contributed by atoms with Crippen molar-refractivity contribution in [2.24, 2.45) is 11.8 Å². The monoisotopic (exact) mass is 401 g/mol. The first kappa shape index (κ1) is 19.1. The number of amides is 1. The van der Waals surface area contributed by atoms with E-state index in [1.165, 1.54) is 19.3 Å². The van der Waals surface area contributed by atoms with Crippen LogP contribution in [0.2, 0.25) is 0 Å². The first-order chi connectivity index (χ1) is 14.6. The Hall–Kier alpha value is -2.87. The molecule has 5 rings (SSSR count). The molecular weight excluding hydrogens is 374 g/mol. The number of pyridine rings is 1. The summed E-state index contributed by atoms with van der Waals surface area (Å²) in [6, 6.07) is 13.3. The van der Waals surface area contributed by atoms with Gasteiger partial charge in [0.25, 0.3) is 5.56 Å². The van der Waals surface area contributed by atoms with Crippen LogP contribution in [0.1, 0.15) is 55.7 Å². The largest absolute Gasteiger partial charge is 0.341 e. The van der Waals surface area contributed by atoms with Crippen molar-refractivity contribution >= 4 is 5.91 Å². The van der Waals surface area contributed by atoms with E-state index in [1.807, 2.05) is 22.8 Å². The van der Waals surface area contributed by atoms with Crippen molar-refractivity contribution in [1.82, 2.24) is 9.47 Å². The molecule has 3 aliphatic rings. The van der Waals surface area contributed by atoms with Crippen LogP contribution in [0.5, 0.6) is 0 Å². The zero-order valence-corrected chi connectivity index (χ0v) is 17.2. The van der Waals surface area contributed by atoms with Crippen LogP contribution >= 0.6 is 0 Å². The van der Waals surface area contributed by atoms with E-state index in [4.69, 9.17) is 0 Å². The van der Waals surface area contributed by atoms with Gasteiger partial charge in [0, 0.05) is 42.7 Å². The van der Waals surface area contributed by atoms with E-state index >= 15 is 0 Å². The molecule has 0 radical (unpaired) electrons. The minimum atomic E-state index is 0.0179. The maximum absolute atomic E-state index is 13.3. The van der Waals surface area contributed by atoms with Gasteiger partial charge in [-0.3, -0.25) is 9.59 Å². The molecule has 1 amide bonds. The molecule has 2 atom stereocenters. The normalized spacial score (nSPS) is 23.5. The van der Waals surface area contributed by atoms with Crippen LogP contribution in [-0.2, 0) is 11.3 Å². The Morgan fingerprint density at radius 1 is 1.03 bits per heavy atom. The Balaban J connectivity index is 1.43. The molecule has 1 aromatic carbocycles. The molecule has 30 heavy (non-hydrogen) atoms. The van der Waals surface area contributed by atoms with Gasteiger partial charge in [0.2, 0.25) is 5.91 Å². The van der Waals surface area contributed by atoms with Crippen LogP contribution in [0.3, 0.4) is 0 Å². The molecular formula is C25H27N3O2. The molecule has 1 aromatic heterocycles. The highest BCUT2D eigenvalue weighted by atomic mass is 16.2. The summed E-state index contributed by atoms with van der Waals surface area (Å²) in [7, 11) is 0. The van der Waals surface area contributed by atoms with Gasteiger partial charge in [-0.2, -0.15) is 5.26 Å². The lowest BCUT2D eigenvalue weighted by molar-refractivity contribution is -0.139. The quantitative estimate of drug-likeness (QED) is 0.766. The fourth-order valence-electron chi connectivity index (χ4n) is 5.71. The van der Waals surface area contributed by atoms with Crippen molar-refractivity contribution in [2.45, 2.75) is 51.0 Å². The number of carbonyl (C=O) groups is 1. The van der Waals surface area contributed by atoms with Crippen LogP contribution in [-0.4, -0.2) is 28.5 Å². The third-order valence-electron chi connectivity index (χ3n) is 7.17. The van der Waals surface area contributed by atoms with Gasteiger partial charge >= 0.3 is 0 Å². The number of rotatable bonds is 2. The molecule has 2 aromatic rings. The van der Waals surface area contributed by atoms with E-state index in [0.717, 1.165) is 43.6 Å². The van der Waals surface area contributed by atoms with Gasteiger partial charge in [-0.15, -0.1) is 0 Å². The van der Waals surface area contributed by atoms with Crippen LogP contribution in [0.25, 0.3) is 11.1 Å². The van der Waals surface area contributed by atoms with Gasteiger partial charge < -0.3 is 9.47 Å². The number of nitrogens with zero attached hydrogens (tertiary/aromatic N) is 3. The van der Waals surface area contributed by atoms with Crippen molar-refractivity contribution < 1.29 is 4.79 Å². The van der Waals surface area contributed by atoms with Gasteiger partial charge in [0.1, 0.15) is 0 Å². The highest BCUT2D eigenvalue weighted by molar-refractivity contribution is 5.79. The Morgan fingerprint density at radius 3 is 2.67 bits per heavy atom. The molecule has 5 heteroatoms. The highest BCUT2D eigenvalue weighted by Crippen LogP contribution is 2.37. The predicted octanol–water partition coefficient (Wildman–Crippen LogP) is 3.91. The number of carbonyl (C=O) groups excluding carboxylic acids is 1. The lowest BCUT2D eigenvalue weighted by atomic mass is 9.81. The van der Waals surface area contributed by atoms with Crippen molar-refractivity contribution in [3.8, 4) is 17.2 Å². The lowest BCUT2D eigenvalue weighted by Gasteiger charge is -2.44. The summed E-state index contributed by atoms with van der Waals surface area (Å²) >= 11 is 0. The summed E-state index contributed by atoms with van der Waals surface area (Å²) in [6.45, 7) is 2.17. The molecule has 3 heterocycles. The van der Waals surface area contributed by atoms with Crippen molar-refractivity contribution in [3.63, 3.8) is 0 Å². The van der Waals surface area contributed by atoms with Crippen molar-refractivity contribution in [1.29, 1.82) is 5.26 Å². The third kappa shape index (κ3) is 3.35. The van der Waals surface area contributed by atoms with E-state index in [2.05, 4.69) is 17.0 Å². The topological polar surface area (TPSA) is 66.1 Å². The second kappa shape index (κ2) is 7.75. The van der Waals surface area contributed by atoms with Crippen LogP contribution < -0.4 is 5.56 Å². The van der Waals surface area contributed by atoms with E-state index in [9.17, 15) is 14.9 Å². The fraction of sp³-hybridized carbons (Fsp3) is 0.480. The van der Waals surface area contributed by atoms with Gasteiger partial charge in [-0.1, -0.05) is 31.4 Å². The molecule has 154 valence electrons. The Morgan fingerprint density at radius 2 is 1.87 bits per heavy atom. The molecule has 0 N–H and O–H groups in total. The van der Waals surface area contributed by atoms with Crippen molar-refractivity contribution in [2.75, 3.05) is 13.1 Å². The lowest BCUT2D eigenvalue weighted by Crippen LogP contribution is -2.50. The number of piperidine rings is 1. The average Bonchev–Trinajstić information content (AvgIpc) is 2.80. The van der Waals surface area contributed by atoms with Gasteiger partial charge in [0.15, 0.2) is 0 Å². The number of nitriles is 1. The van der Waals surface area contributed by atoms with E-state index in [1.54, 1.807) is 12.1 Å². The molecule has 1 saturated heterocycles. The summed E-state index contributed by atoms with van der Waals surface area (Å²) < 4.78 is 1.93. The second-order valence-corrected chi connectivity index (χ2v) is 9.16. The Bertz CT molecular complexity index is 1070. The third-order valence-corrected chi connectivity index (χ3v) is 7.17. The number of hydrogen-bond donors (Lipinski definition) is 0. The summed E-state index contributed by atoms with van der Waals surface area (Å²) in [5, 5.41) is 9.18. The summed E-state index contributed by atoms with van der Waals surface area (Å²) in [6.07, 6.45) is 6.72. The van der Waals surface area contributed by atoms with Crippen LogP contribution in [0.4, 0.5) is 0 Å². The van der Waals surface area contributed by atoms with Crippen LogP contribution in [0, 0.1) is 23.2 Å². The first-order valence-electron chi connectivity index (χ1n) is 11.2. The molecule has 1 saturated carbocycles. The van der Waals surface area contributed by atoms with Gasteiger partial charge in [-0.05, 0) is 55.0 Å². The maximum Gasteiger partial charge on any atom is 0.258 e. The number of fused-ring (bicyclic) bond motifs is 4. The SMILES string of the molecule is N#Cc1cccc(-c2ccc3n(c2=O)C[C@H]2C[C@@H]3CN(C(=O)C3CCCCC3)C2)c1. The Labute approximate surface area is 176 Å². The predicted molar refractivity (Wildman–Crippen MR) is 115 cm³/mol. The summed E-state index contributed by atoms with van der Waals surface area (Å²) in [5.41, 5.74) is 3.07. The zero-order valence-electron chi connectivity index (χ0n) is 17.2.